The number of nitrogens with two attached hydrogens (primary N) is 1. The number of H-pyrrole nitrogens is 1. The first-order valence-electron chi connectivity index (χ1n) is 5.59. The van der Waals surface area contributed by atoms with E-state index in [2.05, 4.69) is 15.3 Å². The third-order valence-corrected chi connectivity index (χ3v) is 3.42. The highest BCUT2D eigenvalue weighted by Gasteiger charge is 2.06. The third kappa shape index (κ3) is 2.45. The van der Waals surface area contributed by atoms with Crippen molar-refractivity contribution in [3.63, 3.8) is 0 Å². The highest BCUT2D eigenvalue weighted by Crippen LogP contribution is 2.28. The lowest BCUT2D eigenvalue weighted by Gasteiger charge is -2.02. The van der Waals surface area contributed by atoms with Gasteiger partial charge in [0.1, 0.15) is 0 Å². The van der Waals surface area contributed by atoms with Crippen LogP contribution in [0.15, 0.2) is 36.4 Å². The molecule has 0 fully saturated rings. The van der Waals surface area contributed by atoms with E-state index in [1.807, 2.05) is 24.3 Å². The van der Waals surface area contributed by atoms with E-state index in [0.29, 0.717) is 21.7 Å². The topological polar surface area (TPSA) is 66.7 Å². The first-order chi connectivity index (χ1) is 9.11. The molecule has 1 heterocycles. The summed E-state index contributed by atoms with van der Waals surface area (Å²) in [6, 6.07) is 10.9. The molecule has 4 N–H and O–H groups in total. The average molecular weight is 293 g/mol. The van der Waals surface area contributed by atoms with E-state index in [1.165, 1.54) is 0 Å². The van der Waals surface area contributed by atoms with Crippen molar-refractivity contribution in [2.24, 2.45) is 0 Å². The van der Waals surface area contributed by atoms with Crippen LogP contribution >= 0.6 is 23.2 Å². The molecule has 0 bridgehead atoms. The Bertz CT molecular complexity index is 695. The SMILES string of the molecule is Nc1ccc(Nc2nc3cc(Cl)c(Cl)cc3[nH]2)cc1. The van der Waals surface area contributed by atoms with E-state index < -0.39 is 0 Å². The molecule has 6 heteroatoms. The molecule has 3 aromatic rings. The van der Waals surface area contributed by atoms with E-state index in [-0.39, 0.29) is 0 Å². The van der Waals surface area contributed by atoms with Crippen LogP contribution in [0.25, 0.3) is 11.0 Å². The van der Waals surface area contributed by atoms with Crippen LogP contribution in [0.4, 0.5) is 17.3 Å². The summed E-state index contributed by atoms with van der Waals surface area (Å²) in [4.78, 5) is 7.52. The van der Waals surface area contributed by atoms with Gasteiger partial charge >= 0.3 is 0 Å². The van der Waals surface area contributed by atoms with E-state index in [4.69, 9.17) is 28.9 Å². The minimum atomic E-state index is 0.486. The molecular formula is C13H10Cl2N4. The molecule has 0 aliphatic carbocycles. The second-order valence-electron chi connectivity index (χ2n) is 4.12. The molecule has 4 nitrogen and oxygen atoms in total. The van der Waals surface area contributed by atoms with Gasteiger partial charge in [0.05, 0.1) is 21.1 Å². The van der Waals surface area contributed by atoms with Gasteiger partial charge in [-0.15, -0.1) is 0 Å². The van der Waals surface area contributed by atoms with Crippen molar-refractivity contribution >= 4 is 51.6 Å². The second-order valence-corrected chi connectivity index (χ2v) is 4.93. The molecular weight excluding hydrogens is 283 g/mol. The van der Waals surface area contributed by atoms with Crippen molar-refractivity contribution in [3.05, 3.63) is 46.4 Å². The molecule has 0 saturated heterocycles. The first kappa shape index (κ1) is 12.1. The summed E-state index contributed by atoms with van der Waals surface area (Å²) in [5.74, 6) is 0.623. The van der Waals surface area contributed by atoms with Gasteiger partial charge in [0.25, 0.3) is 0 Å². The quantitative estimate of drug-likeness (QED) is 0.620. The van der Waals surface area contributed by atoms with Crippen LogP contribution in [0.2, 0.25) is 10.0 Å². The van der Waals surface area contributed by atoms with E-state index in [0.717, 1.165) is 16.7 Å². The summed E-state index contributed by atoms with van der Waals surface area (Å²) < 4.78 is 0. The number of rotatable bonds is 2. The predicted molar refractivity (Wildman–Crippen MR) is 80.3 cm³/mol. The highest BCUT2D eigenvalue weighted by molar-refractivity contribution is 6.42. The summed E-state index contributed by atoms with van der Waals surface area (Å²) in [7, 11) is 0. The summed E-state index contributed by atoms with van der Waals surface area (Å²) >= 11 is 11.9. The van der Waals surface area contributed by atoms with Crippen molar-refractivity contribution in [1.82, 2.24) is 9.97 Å². The van der Waals surface area contributed by atoms with E-state index >= 15 is 0 Å². The van der Waals surface area contributed by atoms with E-state index in [9.17, 15) is 0 Å². The number of imidazole rings is 1. The molecule has 96 valence electrons. The Morgan fingerprint density at radius 1 is 1.05 bits per heavy atom. The Morgan fingerprint density at radius 2 is 1.74 bits per heavy atom. The van der Waals surface area contributed by atoms with Gasteiger partial charge in [-0.25, -0.2) is 4.98 Å². The maximum atomic E-state index is 5.96. The molecule has 0 radical (unpaired) electrons. The van der Waals surface area contributed by atoms with Crippen molar-refractivity contribution < 1.29 is 0 Å². The van der Waals surface area contributed by atoms with Gasteiger partial charge in [-0.3, -0.25) is 0 Å². The van der Waals surface area contributed by atoms with Crippen LogP contribution in [-0.4, -0.2) is 9.97 Å². The standard InChI is InChI=1S/C13H10Cl2N4/c14-9-5-11-12(6-10(9)15)19-13(18-11)17-8-3-1-7(16)2-4-8/h1-6H,16H2,(H2,17,18,19). The van der Waals surface area contributed by atoms with Crippen molar-refractivity contribution in [2.45, 2.75) is 0 Å². The van der Waals surface area contributed by atoms with Crippen LogP contribution < -0.4 is 11.1 Å². The van der Waals surface area contributed by atoms with Crippen LogP contribution in [-0.2, 0) is 0 Å². The molecule has 0 amide bonds. The Hall–Kier alpha value is -1.91. The number of aromatic nitrogens is 2. The summed E-state index contributed by atoms with van der Waals surface area (Å²) in [6.07, 6.45) is 0. The molecule has 0 saturated carbocycles. The molecule has 19 heavy (non-hydrogen) atoms. The number of hydrogen-bond acceptors (Lipinski definition) is 3. The minimum Gasteiger partial charge on any atom is -0.399 e. The normalized spacial score (nSPS) is 10.8. The fourth-order valence-electron chi connectivity index (χ4n) is 1.77. The van der Waals surface area contributed by atoms with Gasteiger partial charge in [-0.05, 0) is 36.4 Å². The smallest absolute Gasteiger partial charge is 0.205 e. The summed E-state index contributed by atoms with van der Waals surface area (Å²) in [5.41, 5.74) is 8.83. The fraction of sp³-hybridized carbons (Fsp3) is 0. The predicted octanol–water partition coefficient (Wildman–Crippen LogP) is 4.20. The maximum Gasteiger partial charge on any atom is 0.205 e. The average Bonchev–Trinajstić information content (AvgIpc) is 2.74. The molecule has 0 atom stereocenters. The van der Waals surface area contributed by atoms with Crippen molar-refractivity contribution in [1.29, 1.82) is 0 Å². The highest BCUT2D eigenvalue weighted by atomic mass is 35.5. The number of nitrogens with zero attached hydrogens (tertiary/aromatic N) is 1. The number of nitrogens with one attached hydrogen (secondary N) is 2. The monoisotopic (exact) mass is 292 g/mol. The maximum absolute atomic E-state index is 5.96. The largest absolute Gasteiger partial charge is 0.399 e. The van der Waals surface area contributed by atoms with Crippen molar-refractivity contribution in [3.8, 4) is 0 Å². The number of aromatic amines is 1. The molecule has 1 aromatic heterocycles. The van der Waals surface area contributed by atoms with Gasteiger partial charge in [-0.2, -0.15) is 0 Å². The van der Waals surface area contributed by atoms with Gasteiger partial charge < -0.3 is 16.0 Å². The lowest BCUT2D eigenvalue weighted by atomic mass is 10.3. The second kappa shape index (κ2) is 4.64. The molecule has 0 spiro atoms. The number of benzene rings is 2. The number of fused-ring (bicyclic) bond motifs is 1. The Kier molecular flexibility index (Phi) is 2.97. The minimum absolute atomic E-state index is 0.486. The zero-order valence-corrected chi connectivity index (χ0v) is 11.3. The molecule has 0 unspecified atom stereocenters. The van der Waals surface area contributed by atoms with E-state index in [1.54, 1.807) is 12.1 Å². The van der Waals surface area contributed by atoms with Gasteiger partial charge in [0.2, 0.25) is 5.95 Å². The fourth-order valence-corrected chi connectivity index (χ4v) is 2.09. The molecule has 0 aliphatic heterocycles. The molecule has 3 rings (SSSR count). The van der Waals surface area contributed by atoms with Crippen molar-refractivity contribution in [2.75, 3.05) is 11.1 Å². The summed E-state index contributed by atoms with van der Waals surface area (Å²) in [5, 5.41) is 4.13. The molecule has 2 aromatic carbocycles. The van der Waals surface area contributed by atoms with Crippen LogP contribution in [0.3, 0.4) is 0 Å². The third-order valence-electron chi connectivity index (χ3n) is 2.70. The molecule has 0 aliphatic rings. The lowest BCUT2D eigenvalue weighted by molar-refractivity contribution is 1.31. The Balaban J connectivity index is 1.95. The Morgan fingerprint density at radius 3 is 2.47 bits per heavy atom. The Labute approximate surface area is 119 Å². The lowest BCUT2D eigenvalue weighted by Crippen LogP contribution is -1.92. The van der Waals surface area contributed by atoms with Gasteiger partial charge in [0.15, 0.2) is 0 Å². The summed E-state index contributed by atoms with van der Waals surface area (Å²) in [6.45, 7) is 0. The van der Waals surface area contributed by atoms with Crippen LogP contribution in [0, 0.1) is 0 Å². The van der Waals surface area contributed by atoms with Gasteiger partial charge in [0, 0.05) is 11.4 Å². The number of hydrogen-bond donors (Lipinski definition) is 3. The number of nitrogen functional groups attached to an aromatic ring is 1. The first-order valence-corrected chi connectivity index (χ1v) is 6.35. The van der Waals surface area contributed by atoms with Gasteiger partial charge in [-0.1, -0.05) is 23.2 Å². The van der Waals surface area contributed by atoms with Crippen LogP contribution in [0.1, 0.15) is 0 Å². The number of anilines is 3. The number of halogens is 2. The zero-order valence-electron chi connectivity index (χ0n) is 9.74. The van der Waals surface area contributed by atoms with Crippen LogP contribution in [0.5, 0.6) is 0 Å². The zero-order chi connectivity index (χ0) is 13.4.